The summed E-state index contributed by atoms with van der Waals surface area (Å²) in [6.07, 6.45) is 2.33. The smallest absolute Gasteiger partial charge is 0.338 e. The van der Waals surface area contributed by atoms with E-state index >= 15 is 0 Å². The molecule has 182 valence electrons. The van der Waals surface area contributed by atoms with Gasteiger partial charge in [0.1, 0.15) is 11.9 Å². The van der Waals surface area contributed by atoms with E-state index in [1.165, 1.54) is 0 Å². The van der Waals surface area contributed by atoms with Gasteiger partial charge in [-0.3, -0.25) is 9.59 Å². The predicted molar refractivity (Wildman–Crippen MR) is 135 cm³/mol. The van der Waals surface area contributed by atoms with Gasteiger partial charge in [0.15, 0.2) is 0 Å². The van der Waals surface area contributed by atoms with Crippen LogP contribution < -0.4 is 10.6 Å². The Hall–Kier alpha value is -3.65. The van der Waals surface area contributed by atoms with Crippen LogP contribution in [0.5, 0.6) is 0 Å². The number of carbonyl (C=O) groups is 3. The minimum absolute atomic E-state index is 0.0839. The van der Waals surface area contributed by atoms with Gasteiger partial charge in [0, 0.05) is 16.3 Å². The van der Waals surface area contributed by atoms with Crippen molar-refractivity contribution in [1.82, 2.24) is 9.78 Å². The molecule has 0 radical (unpaired) electrons. The lowest BCUT2D eigenvalue weighted by atomic mass is 10.0. The second kappa shape index (κ2) is 10.7. The summed E-state index contributed by atoms with van der Waals surface area (Å²) in [6.45, 7) is 4.39. The van der Waals surface area contributed by atoms with Crippen molar-refractivity contribution in [3.8, 4) is 11.1 Å². The van der Waals surface area contributed by atoms with Crippen molar-refractivity contribution in [3.05, 3.63) is 64.8 Å². The number of aryl methyl sites for hydroxylation is 1. The zero-order chi connectivity index (χ0) is 24.9. The van der Waals surface area contributed by atoms with Crippen molar-refractivity contribution < 1.29 is 19.1 Å². The van der Waals surface area contributed by atoms with Crippen LogP contribution >= 0.6 is 11.6 Å². The van der Waals surface area contributed by atoms with Gasteiger partial charge in [-0.15, -0.1) is 0 Å². The number of anilines is 2. The highest BCUT2D eigenvalue weighted by atomic mass is 35.5. The number of aromatic nitrogens is 2. The number of carbonyl (C=O) groups excluding carboxylic acids is 3. The van der Waals surface area contributed by atoms with E-state index < -0.39 is 12.0 Å². The molecule has 35 heavy (non-hydrogen) atoms. The third-order valence-electron chi connectivity index (χ3n) is 5.78. The fraction of sp³-hybridized carbons (Fsp3) is 0.308. The van der Waals surface area contributed by atoms with E-state index in [1.54, 1.807) is 35.0 Å². The molecule has 4 rings (SSSR count). The summed E-state index contributed by atoms with van der Waals surface area (Å²) in [4.78, 5) is 37.5. The number of esters is 1. The van der Waals surface area contributed by atoms with Gasteiger partial charge < -0.3 is 15.4 Å². The van der Waals surface area contributed by atoms with E-state index in [0.717, 1.165) is 29.7 Å². The van der Waals surface area contributed by atoms with Gasteiger partial charge >= 0.3 is 5.97 Å². The number of amides is 2. The van der Waals surface area contributed by atoms with E-state index in [4.69, 9.17) is 16.3 Å². The molecule has 1 atom stereocenters. The number of rotatable bonds is 9. The molecule has 1 aliphatic rings. The van der Waals surface area contributed by atoms with Gasteiger partial charge in [-0.05, 0) is 54.8 Å². The van der Waals surface area contributed by atoms with Crippen LogP contribution in [-0.2, 0) is 20.7 Å². The number of nitrogens with zero attached hydrogens (tertiary/aromatic N) is 2. The molecule has 2 N–H and O–H groups in total. The molecule has 0 spiro atoms. The molecule has 0 aliphatic carbocycles. The second-order valence-corrected chi connectivity index (χ2v) is 8.74. The number of halogens is 1. The Bertz CT molecular complexity index is 1250. The largest absolute Gasteiger partial charge is 0.462 e. The van der Waals surface area contributed by atoms with Gasteiger partial charge in [-0.1, -0.05) is 44.0 Å². The van der Waals surface area contributed by atoms with Crippen molar-refractivity contribution >= 4 is 40.9 Å². The predicted octanol–water partition coefficient (Wildman–Crippen LogP) is 5.24. The standard InChI is InChI=1S/C26H27ClN4O4/c1-3-5-13-35-26(34)16-9-11-19(12-10-16)28-22(32)15-21-25(33)29-24-23(20(4-2)30-31(21)24)17-7-6-8-18(27)14-17/h6-12,14,21H,3-5,13,15H2,1-2H3,(H,28,32)(H,29,33). The highest BCUT2D eigenvalue weighted by Crippen LogP contribution is 2.39. The first kappa shape index (κ1) is 24.5. The van der Waals surface area contributed by atoms with Crippen molar-refractivity contribution in [2.45, 2.75) is 45.6 Å². The average Bonchev–Trinajstić information content (AvgIpc) is 3.34. The number of hydrogen-bond acceptors (Lipinski definition) is 5. The zero-order valence-corrected chi connectivity index (χ0v) is 20.4. The van der Waals surface area contributed by atoms with E-state index in [9.17, 15) is 14.4 Å². The molecule has 0 saturated carbocycles. The van der Waals surface area contributed by atoms with E-state index in [-0.39, 0.29) is 18.2 Å². The van der Waals surface area contributed by atoms with Gasteiger partial charge in [-0.25, -0.2) is 9.48 Å². The van der Waals surface area contributed by atoms with Crippen LogP contribution in [0.1, 0.15) is 55.2 Å². The van der Waals surface area contributed by atoms with Gasteiger partial charge in [0.05, 0.1) is 24.3 Å². The summed E-state index contributed by atoms with van der Waals surface area (Å²) >= 11 is 6.17. The normalized spacial score (nSPS) is 14.4. The van der Waals surface area contributed by atoms with Crippen molar-refractivity contribution in [3.63, 3.8) is 0 Å². The minimum atomic E-state index is -0.768. The van der Waals surface area contributed by atoms with Crippen LogP contribution in [0, 0.1) is 0 Å². The maximum atomic E-state index is 12.8. The number of hydrogen-bond donors (Lipinski definition) is 2. The summed E-state index contributed by atoms with van der Waals surface area (Å²) in [5.41, 5.74) is 3.42. The van der Waals surface area contributed by atoms with Crippen molar-refractivity contribution in [1.29, 1.82) is 0 Å². The molecule has 2 amide bonds. The van der Waals surface area contributed by atoms with Gasteiger partial charge in [0.2, 0.25) is 5.91 Å². The van der Waals surface area contributed by atoms with Crippen LogP contribution in [0.15, 0.2) is 48.5 Å². The molecule has 1 unspecified atom stereocenters. The summed E-state index contributed by atoms with van der Waals surface area (Å²) in [5, 5.41) is 10.9. The first-order valence-electron chi connectivity index (χ1n) is 11.7. The summed E-state index contributed by atoms with van der Waals surface area (Å²) in [5.74, 6) is -0.460. The number of nitrogens with one attached hydrogen (secondary N) is 2. The quantitative estimate of drug-likeness (QED) is 0.312. The lowest BCUT2D eigenvalue weighted by Crippen LogP contribution is -2.24. The Kier molecular flexibility index (Phi) is 7.51. The second-order valence-electron chi connectivity index (χ2n) is 8.30. The lowest BCUT2D eigenvalue weighted by molar-refractivity contribution is -0.123. The third-order valence-corrected chi connectivity index (χ3v) is 6.02. The topological polar surface area (TPSA) is 102 Å². The third kappa shape index (κ3) is 5.38. The number of fused-ring (bicyclic) bond motifs is 1. The molecule has 0 saturated heterocycles. The van der Waals surface area contributed by atoms with Crippen LogP contribution in [0.25, 0.3) is 11.1 Å². The van der Waals surface area contributed by atoms with Crippen LogP contribution in [-0.4, -0.2) is 34.2 Å². The van der Waals surface area contributed by atoms with Crippen molar-refractivity contribution in [2.24, 2.45) is 0 Å². The first-order valence-corrected chi connectivity index (χ1v) is 12.0. The molecule has 3 aromatic rings. The highest BCUT2D eigenvalue weighted by Gasteiger charge is 2.36. The molecule has 9 heteroatoms. The maximum absolute atomic E-state index is 12.8. The van der Waals surface area contributed by atoms with Crippen LogP contribution in [0.2, 0.25) is 5.02 Å². The Morgan fingerprint density at radius 1 is 1.17 bits per heavy atom. The Balaban J connectivity index is 1.46. The molecule has 8 nitrogen and oxygen atoms in total. The van der Waals surface area contributed by atoms with Crippen LogP contribution in [0.3, 0.4) is 0 Å². The molecule has 1 aliphatic heterocycles. The minimum Gasteiger partial charge on any atom is -0.462 e. The van der Waals surface area contributed by atoms with Crippen molar-refractivity contribution in [2.75, 3.05) is 17.2 Å². The van der Waals surface area contributed by atoms with E-state index in [2.05, 4.69) is 15.7 Å². The molecule has 2 heterocycles. The SMILES string of the molecule is CCCCOC(=O)c1ccc(NC(=O)CC2C(=O)Nc3c(-c4cccc(Cl)c4)c(CC)nn32)cc1. The molecule has 2 aromatic carbocycles. The highest BCUT2D eigenvalue weighted by molar-refractivity contribution is 6.30. The fourth-order valence-electron chi connectivity index (χ4n) is 3.98. The first-order chi connectivity index (χ1) is 16.9. The fourth-order valence-corrected chi connectivity index (χ4v) is 4.17. The summed E-state index contributed by atoms with van der Waals surface area (Å²) in [7, 11) is 0. The van der Waals surface area contributed by atoms with Crippen LogP contribution in [0.4, 0.5) is 11.5 Å². The maximum Gasteiger partial charge on any atom is 0.338 e. The summed E-state index contributed by atoms with van der Waals surface area (Å²) in [6, 6.07) is 13.1. The molecular weight excluding hydrogens is 468 g/mol. The zero-order valence-electron chi connectivity index (χ0n) is 19.6. The number of benzene rings is 2. The Labute approximate surface area is 208 Å². The Morgan fingerprint density at radius 2 is 1.94 bits per heavy atom. The van der Waals surface area contributed by atoms with Gasteiger partial charge in [-0.2, -0.15) is 5.10 Å². The van der Waals surface area contributed by atoms with E-state index in [1.807, 2.05) is 32.0 Å². The molecule has 0 bridgehead atoms. The number of unbranched alkanes of at least 4 members (excludes halogenated alkanes) is 1. The van der Waals surface area contributed by atoms with Gasteiger partial charge in [0.25, 0.3) is 5.91 Å². The molecule has 1 aromatic heterocycles. The molecule has 0 fully saturated rings. The monoisotopic (exact) mass is 494 g/mol. The number of ether oxygens (including phenoxy) is 1. The summed E-state index contributed by atoms with van der Waals surface area (Å²) < 4.78 is 6.78. The Morgan fingerprint density at radius 3 is 2.63 bits per heavy atom. The lowest BCUT2D eigenvalue weighted by Gasteiger charge is -2.11. The molecular formula is C26H27ClN4O4. The average molecular weight is 495 g/mol. The van der Waals surface area contributed by atoms with E-state index in [0.29, 0.717) is 35.1 Å².